The van der Waals surface area contributed by atoms with E-state index < -0.39 is 29.6 Å². The standard InChI is InChI=1S/C8H4F3N5O3/c9-8(10,11)7(19)14-4-2-3(6(17)18)15-16-5(2)13-1-12-4/h1H,(H,17,18)(H2,12,13,14,15,16,19). The molecule has 0 aromatic carbocycles. The number of fused-ring (bicyclic) bond motifs is 1. The van der Waals surface area contributed by atoms with Crippen LogP contribution < -0.4 is 5.32 Å². The van der Waals surface area contributed by atoms with Crippen molar-refractivity contribution < 1.29 is 27.9 Å². The smallest absolute Gasteiger partial charge is 0.471 e. The van der Waals surface area contributed by atoms with E-state index in [1.807, 2.05) is 0 Å². The highest BCUT2D eigenvalue weighted by molar-refractivity contribution is 6.08. The van der Waals surface area contributed by atoms with Gasteiger partial charge in [-0.25, -0.2) is 14.8 Å². The van der Waals surface area contributed by atoms with Gasteiger partial charge in [0, 0.05) is 0 Å². The number of carbonyl (C=O) groups is 2. The number of carboxylic acid groups (broad SMARTS) is 1. The third kappa shape index (κ3) is 2.29. The van der Waals surface area contributed by atoms with Crippen LogP contribution in [0, 0.1) is 0 Å². The number of hydrogen-bond donors (Lipinski definition) is 3. The third-order valence-electron chi connectivity index (χ3n) is 2.05. The van der Waals surface area contributed by atoms with Crippen LogP contribution in [0.2, 0.25) is 0 Å². The minimum atomic E-state index is -5.12. The van der Waals surface area contributed by atoms with Gasteiger partial charge in [0.05, 0.1) is 5.39 Å². The van der Waals surface area contributed by atoms with E-state index in [2.05, 4.69) is 20.2 Å². The number of carboxylic acids is 1. The number of nitrogens with one attached hydrogen (secondary N) is 2. The van der Waals surface area contributed by atoms with Gasteiger partial charge in [0.15, 0.2) is 11.3 Å². The first-order valence-corrected chi connectivity index (χ1v) is 4.61. The molecule has 2 aromatic rings. The lowest BCUT2D eigenvalue weighted by Gasteiger charge is -2.07. The molecule has 1 amide bonds. The van der Waals surface area contributed by atoms with Crippen molar-refractivity contribution in [3.05, 3.63) is 12.0 Å². The van der Waals surface area contributed by atoms with Gasteiger partial charge in [-0.05, 0) is 0 Å². The molecule has 8 nitrogen and oxygen atoms in total. The number of aromatic amines is 1. The largest absolute Gasteiger partial charge is 0.477 e. The van der Waals surface area contributed by atoms with Crippen LogP contribution in [0.5, 0.6) is 0 Å². The Morgan fingerprint density at radius 3 is 2.58 bits per heavy atom. The van der Waals surface area contributed by atoms with Crippen molar-refractivity contribution in [2.75, 3.05) is 5.32 Å². The molecule has 2 heterocycles. The summed E-state index contributed by atoms with van der Waals surface area (Å²) in [5.74, 6) is -4.33. The molecule has 0 aliphatic carbocycles. The molecule has 100 valence electrons. The summed E-state index contributed by atoms with van der Waals surface area (Å²) in [4.78, 5) is 28.6. The highest BCUT2D eigenvalue weighted by Crippen LogP contribution is 2.24. The summed E-state index contributed by atoms with van der Waals surface area (Å²) in [7, 11) is 0. The Bertz CT molecular complexity index is 665. The number of anilines is 1. The van der Waals surface area contributed by atoms with Crippen molar-refractivity contribution in [2.24, 2.45) is 0 Å². The molecular formula is C8H4F3N5O3. The van der Waals surface area contributed by atoms with E-state index in [-0.39, 0.29) is 11.0 Å². The van der Waals surface area contributed by atoms with E-state index in [4.69, 9.17) is 5.11 Å². The zero-order valence-electron chi connectivity index (χ0n) is 8.82. The van der Waals surface area contributed by atoms with Gasteiger partial charge in [-0.15, -0.1) is 0 Å². The Morgan fingerprint density at radius 1 is 1.32 bits per heavy atom. The lowest BCUT2D eigenvalue weighted by molar-refractivity contribution is -0.167. The average Bonchev–Trinajstić information content (AvgIpc) is 2.72. The summed E-state index contributed by atoms with van der Waals surface area (Å²) in [5.41, 5.74) is -0.696. The number of nitrogens with zero attached hydrogens (tertiary/aromatic N) is 3. The highest BCUT2D eigenvalue weighted by Gasteiger charge is 2.39. The van der Waals surface area contributed by atoms with Crippen molar-refractivity contribution in [1.82, 2.24) is 20.2 Å². The predicted octanol–water partition coefficient (Wildman–Crippen LogP) is 0.552. The van der Waals surface area contributed by atoms with Gasteiger partial charge >= 0.3 is 18.1 Å². The Hall–Kier alpha value is -2.72. The van der Waals surface area contributed by atoms with E-state index in [0.717, 1.165) is 6.33 Å². The first kappa shape index (κ1) is 12.7. The van der Waals surface area contributed by atoms with E-state index in [0.29, 0.717) is 0 Å². The number of carbonyl (C=O) groups excluding carboxylic acids is 1. The molecule has 0 radical (unpaired) electrons. The molecule has 0 saturated heterocycles. The SMILES string of the molecule is O=C(O)c1[nH]nc2ncnc(NC(=O)C(F)(F)F)c12. The van der Waals surface area contributed by atoms with Gasteiger partial charge in [-0.3, -0.25) is 9.89 Å². The van der Waals surface area contributed by atoms with Crippen LogP contribution in [0.1, 0.15) is 10.5 Å². The minimum Gasteiger partial charge on any atom is -0.477 e. The van der Waals surface area contributed by atoms with Gasteiger partial charge in [0.25, 0.3) is 0 Å². The minimum absolute atomic E-state index is 0.176. The lowest BCUT2D eigenvalue weighted by Crippen LogP contribution is -2.30. The molecule has 0 saturated carbocycles. The summed E-state index contributed by atoms with van der Waals surface area (Å²) in [6, 6.07) is 0. The summed E-state index contributed by atoms with van der Waals surface area (Å²) < 4.78 is 36.4. The molecule has 0 spiro atoms. The van der Waals surface area contributed by atoms with Crippen molar-refractivity contribution in [3.8, 4) is 0 Å². The average molecular weight is 275 g/mol. The number of aromatic nitrogens is 4. The Labute approximate surface area is 101 Å². The maximum Gasteiger partial charge on any atom is 0.471 e. The first-order valence-electron chi connectivity index (χ1n) is 4.61. The lowest BCUT2D eigenvalue weighted by atomic mass is 10.3. The second-order valence-electron chi connectivity index (χ2n) is 3.28. The van der Waals surface area contributed by atoms with E-state index in [9.17, 15) is 22.8 Å². The summed E-state index contributed by atoms with van der Waals surface area (Å²) in [5, 5.41) is 15.5. The van der Waals surface area contributed by atoms with Crippen molar-refractivity contribution in [1.29, 1.82) is 0 Å². The second kappa shape index (κ2) is 4.19. The van der Waals surface area contributed by atoms with Crippen LogP contribution in [-0.2, 0) is 4.79 Å². The Balaban J connectivity index is 2.52. The van der Waals surface area contributed by atoms with Gasteiger partial charge in [0.1, 0.15) is 12.1 Å². The summed E-state index contributed by atoms with van der Waals surface area (Å²) in [6.45, 7) is 0. The molecule has 0 atom stereocenters. The number of aromatic carboxylic acids is 1. The van der Waals surface area contributed by atoms with Crippen molar-refractivity contribution in [2.45, 2.75) is 6.18 Å². The summed E-state index contributed by atoms with van der Waals surface area (Å²) in [6.07, 6.45) is -4.27. The maximum absolute atomic E-state index is 12.1. The molecular weight excluding hydrogens is 271 g/mol. The number of rotatable bonds is 2. The van der Waals surface area contributed by atoms with Gasteiger partial charge in [-0.1, -0.05) is 0 Å². The van der Waals surface area contributed by atoms with Crippen LogP contribution in [0.25, 0.3) is 11.0 Å². The Morgan fingerprint density at radius 2 is 2.00 bits per heavy atom. The topological polar surface area (TPSA) is 121 Å². The fourth-order valence-electron chi connectivity index (χ4n) is 1.28. The number of amides is 1. The zero-order chi connectivity index (χ0) is 14.2. The normalized spacial score (nSPS) is 11.5. The first-order chi connectivity index (χ1) is 8.80. The highest BCUT2D eigenvalue weighted by atomic mass is 19.4. The third-order valence-corrected chi connectivity index (χ3v) is 2.05. The van der Waals surface area contributed by atoms with Crippen LogP contribution in [0.3, 0.4) is 0 Å². The molecule has 3 N–H and O–H groups in total. The maximum atomic E-state index is 12.1. The van der Waals surface area contributed by atoms with Crippen molar-refractivity contribution in [3.63, 3.8) is 0 Å². The van der Waals surface area contributed by atoms with E-state index in [1.54, 1.807) is 0 Å². The summed E-state index contributed by atoms with van der Waals surface area (Å²) >= 11 is 0. The van der Waals surface area contributed by atoms with Crippen LogP contribution in [-0.4, -0.2) is 43.3 Å². The molecule has 0 aliphatic rings. The van der Waals surface area contributed by atoms with Crippen LogP contribution in [0.4, 0.5) is 19.0 Å². The van der Waals surface area contributed by atoms with Gasteiger partial charge in [0.2, 0.25) is 0 Å². The molecule has 0 unspecified atom stereocenters. The molecule has 19 heavy (non-hydrogen) atoms. The fraction of sp³-hybridized carbons (Fsp3) is 0.125. The Kier molecular flexibility index (Phi) is 2.81. The number of halogens is 3. The number of alkyl halides is 3. The molecule has 0 aliphatic heterocycles. The van der Waals surface area contributed by atoms with Gasteiger partial charge < -0.3 is 10.4 Å². The quantitative estimate of drug-likeness (QED) is 0.736. The number of H-pyrrole nitrogens is 1. The van der Waals surface area contributed by atoms with E-state index >= 15 is 0 Å². The second-order valence-corrected chi connectivity index (χ2v) is 3.28. The van der Waals surface area contributed by atoms with E-state index in [1.165, 1.54) is 5.32 Å². The molecule has 2 rings (SSSR count). The zero-order valence-corrected chi connectivity index (χ0v) is 8.82. The fourth-order valence-corrected chi connectivity index (χ4v) is 1.28. The molecule has 2 aromatic heterocycles. The van der Waals surface area contributed by atoms with Crippen LogP contribution in [0.15, 0.2) is 6.33 Å². The van der Waals surface area contributed by atoms with Gasteiger partial charge in [-0.2, -0.15) is 18.3 Å². The predicted molar refractivity (Wildman–Crippen MR) is 53.3 cm³/mol. The molecule has 11 heteroatoms. The van der Waals surface area contributed by atoms with Crippen molar-refractivity contribution >= 4 is 28.7 Å². The van der Waals surface area contributed by atoms with Crippen LogP contribution >= 0.6 is 0 Å². The molecule has 0 bridgehead atoms. The monoisotopic (exact) mass is 275 g/mol. The molecule has 0 fully saturated rings. The number of hydrogen-bond acceptors (Lipinski definition) is 5.